The number of nitrogens with zero attached hydrogens (tertiary/aromatic N) is 1. The number of rotatable bonds is 7. The van der Waals surface area contributed by atoms with Gasteiger partial charge >= 0.3 is 0 Å². The Labute approximate surface area is 126 Å². The fraction of sp³-hybridized carbons (Fsp3) is 0.800. The van der Waals surface area contributed by atoms with Gasteiger partial charge in [0.2, 0.25) is 0 Å². The second-order valence-corrected chi connectivity index (χ2v) is 8.22. The molecule has 0 aliphatic rings. The van der Waals surface area contributed by atoms with E-state index in [1.807, 2.05) is 11.8 Å². The molecule has 0 fully saturated rings. The number of thioether (sulfide) groups is 1. The van der Waals surface area contributed by atoms with Gasteiger partial charge in [-0.15, -0.1) is 11.3 Å². The van der Waals surface area contributed by atoms with E-state index >= 15 is 0 Å². The van der Waals surface area contributed by atoms with Crippen LogP contribution in [0.25, 0.3) is 0 Å². The van der Waals surface area contributed by atoms with Crippen LogP contribution in [0.3, 0.4) is 0 Å². The summed E-state index contributed by atoms with van der Waals surface area (Å²) in [7, 11) is 0. The standard InChI is InChI=1S/C15H28N2S2/c1-7-15(8-2,18-6)11-16-9-12-10-19-13(17-12)14(3,4)5/h10,16H,7-9,11H2,1-6H3. The topological polar surface area (TPSA) is 24.9 Å². The summed E-state index contributed by atoms with van der Waals surface area (Å²) in [5.41, 5.74) is 1.34. The predicted molar refractivity (Wildman–Crippen MR) is 89.3 cm³/mol. The van der Waals surface area contributed by atoms with E-state index in [9.17, 15) is 0 Å². The van der Waals surface area contributed by atoms with Crippen molar-refractivity contribution in [2.45, 2.75) is 64.2 Å². The van der Waals surface area contributed by atoms with Gasteiger partial charge < -0.3 is 5.32 Å². The van der Waals surface area contributed by atoms with Crippen LogP contribution in [0.15, 0.2) is 5.38 Å². The first-order chi connectivity index (χ1) is 8.87. The number of hydrogen-bond donors (Lipinski definition) is 1. The third kappa shape index (κ3) is 4.76. The van der Waals surface area contributed by atoms with Crippen LogP contribution in [-0.2, 0) is 12.0 Å². The van der Waals surface area contributed by atoms with Gasteiger partial charge in [-0.2, -0.15) is 11.8 Å². The van der Waals surface area contributed by atoms with Crippen LogP contribution in [0.1, 0.15) is 58.2 Å². The zero-order valence-electron chi connectivity index (χ0n) is 13.2. The van der Waals surface area contributed by atoms with Crippen LogP contribution >= 0.6 is 23.1 Å². The molecule has 0 aliphatic heterocycles. The van der Waals surface area contributed by atoms with Crippen molar-refractivity contribution >= 4 is 23.1 Å². The zero-order valence-corrected chi connectivity index (χ0v) is 14.8. The predicted octanol–water partition coefficient (Wildman–Crippen LogP) is 4.45. The summed E-state index contributed by atoms with van der Waals surface area (Å²) < 4.78 is 0.378. The lowest BCUT2D eigenvalue weighted by molar-refractivity contribution is 0.492. The fourth-order valence-corrected chi connectivity index (χ4v) is 3.74. The summed E-state index contributed by atoms with van der Waals surface area (Å²) in [6.45, 7) is 13.2. The molecule has 0 bridgehead atoms. The van der Waals surface area contributed by atoms with Crippen LogP contribution in [0.5, 0.6) is 0 Å². The normalized spacial score (nSPS) is 12.9. The molecule has 0 atom stereocenters. The molecular weight excluding hydrogens is 272 g/mol. The van der Waals surface area contributed by atoms with E-state index in [-0.39, 0.29) is 5.41 Å². The molecule has 0 unspecified atom stereocenters. The van der Waals surface area contributed by atoms with Crippen LogP contribution in [-0.4, -0.2) is 22.5 Å². The minimum absolute atomic E-state index is 0.165. The Morgan fingerprint density at radius 3 is 2.32 bits per heavy atom. The molecule has 0 spiro atoms. The molecule has 4 heteroatoms. The Morgan fingerprint density at radius 1 is 1.26 bits per heavy atom. The van der Waals surface area contributed by atoms with Gasteiger partial charge in [0.05, 0.1) is 10.7 Å². The smallest absolute Gasteiger partial charge is 0.0982 e. The summed E-state index contributed by atoms with van der Waals surface area (Å²) >= 11 is 3.76. The Bertz CT molecular complexity index is 367. The third-order valence-corrected chi connectivity index (χ3v) is 6.57. The van der Waals surface area contributed by atoms with Gasteiger partial charge in [0.1, 0.15) is 0 Å². The SMILES string of the molecule is CCC(CC)(CNCc1csc(C(C)(C)C)n1)SC. The molecule has 19 heavy (non-hydrogen) atoms. The highest BCUT2D eigenvalue weighted by Gasteiger charge is 2.24. The monoisotopic (exact) mass is 300 g/mol. The highest BCUT2D eigenvalue weighted by atomic mass is 32.2. The van der Waals surface area contributed by atoms with Crippen molar-refractivity contribution in [3.8, 4) is 0 Å². The quantitative estimate of drug-likeness (QED) is 0.805. The van der Waals surface area contributed by atoms with Crippen molar-refractivity contribution in [2.75, 3.05) is 12.8 Å². The average molecular weight is 301 g/mol. The molecular formula is C15H28N2S2. The molecule has 0 saturated carbocycles. The molecule has 0 amide bonds. The van der Waals surface area contributed by atoms with Crippen LogP contribution in [0.2, 0.25) is 0 Å². The average Bonchev–Trinajstić information content (AvgIpc) is 2.84. The van der Waals surface area contributed by atoms with Crippen molar-refractivity contribution in [2.24, 2.45) is 0 Å². The molecule has 0 aliphatic carbocycles. The number of thiazole rings is 1. The maximum absolute atomic E-state index is 4.73. The number of hydrogen-bond acceptors (Lipinski definition) is 4. The molecule has 1 rings (SSSR count). The maximum atomic E-state index is 4.73. The van der Waals surface area contributed by atoms with Crippen LogP contribution < -0.4 is 5.32 Å². The first-order valence-corrected chi connectivity index (χ1v) is 9.18. The van der Waals surface area contributed by atoms with Crippen molar-refractivity contribution in [3.63, 3.8) is 0 Å². The molecule has 0 saturated heterocycles. The van der Waals surface area contributed by atoms with Gasteiger partial charge in [0.15, 0.2) is 0 Å². The lowest BCUT2D eigenvalue weighted by Crippen LogP contribution is -2.36. The minimum Gasteiger partial charge on any atom is -0.310 e. The second kappa shape index (κ2) is 7.09. The highest BCUT2D eigenvalue weighted by Crippen LogP contribution is 2.30. The van der Waals surface area contributed by atoms with E-state index < -0.39 is 0 Å². The summed E-state index contributed by atoms with van der Waals surface area (Å²) in [6, 6.07) is 0. The van der Waals surface area contributed by atoms with Gasteiger partial charge in [-0.25, -0.2) is 4.98 Å². The van der Waals surface area contributed by atoms with Gasteiger partial charge in [-0.3, -0.25) is 0 Å². The van der Waals surface area contributed by atoms with Gasteiger partial charge in [-0.1, -0.05) is 34.6 Å². The van der Waals surface area contributed by atoms with E-state index in [0.29, 0.717) is 4.75 Å². The van der Waals surface area contributed by atoms with Crippen LogP contribution in [0, 0.1) is 0 Å². The number of aromatic nitrogens is 1. The second-order valence-electron chi connectivity index (χ2n) is 6.09. The molecule has 1 N–H and O–H groups in total. The Kier molecular flexibility index (Phi) is 6.34. The molecule has 0 aromatic carbocycles. The zero-order chi connectivity index (χ0) is 14.5. The van der Waals surface area contributed by atoms with Gasteiger partial charge in [-0.05, 0) is 19.1 Å². The Balaban J connectivity index is 2.51. The summed E-state index contributed by atoms with van der Waals surface area (Å²) in [4.78, 5) is 4.73. The molecule has 110 valence electrons. The van der Waals surface area contributed by atoms with E-state index in [2.05, 4.69) is 51.6 Å². The first kappa shape index (κ1) is 17.0. The summed E-state index contributed by atoms with van der Waals surface area (Å²) in [5.74, 6) is 0. The molecule has 2 nitrogen and oxygen atoms in total. The van der Waals surface area contributed by atoms with Crippen molar-refractivity contribution in [1.29, 1.82) is 0 Å². The van der Waals surface area contributed by atoms with E-state index in [1.165, 1.54) is 23.5 Å². The van der Waals surface area contributed by atoms with Crippen molar-refractivity contribution in [1.82, 2.24) is 10.3 Å². The third-order valence-electron chi connectivity index (χ3n) is 3.67. The Hall–Kier alpha value is -0.0600. The lowest BCUT2D eigenvalue weighted by atomic mass is 9.98. The van der Waals surface area contributed by atoms with Crippen molar-refractivity contribution in [3.05, 3.63) is 16.1 Å². The van der Waals surface area contributed by atoms with Crippen molar-refractivity contribution < 1.29 is 0 Å². The van der Waals surface area contributed by atoms with Gasteiger partial charge in [0, 0.05) is 28.6 Å². The van der Waals surface area contributed by atoms with E-state index in [1.54, 1.807) is 11.3 Å². The molecule has 1 aromatic rings. The molecule has 1 aromatic heterocycles. The summed E-state index contributed by atoms with van der Waals surface area (Å²) in [5, 5.41) is 7.00. The van der Waals surface area contributed by atoms with E-state index in [0.717, 1.165) is 13.1 Å². The molecule has 1 heterocycles. The summed E-state index contributed by atoms with van der Waals surface area (Å²) in [6.07, 6.45) is 4.64. The van der Waals surface area contributed by atoms with E-state index in [4.69, 9.17) is 4.98 Å². The van der Waals surface area contributed by atoms with Crippen LogP contribution in [0.4, 0.5) is 0 Å². The highest BCUT2D eigenvalue weighted by molar-refractivity contribution is 8.00. The largest absolute Gasteiger partial charge is 0.310 e. The maximum Gasteiger partial charge on any atom is 0.0982 e. The minimum atomic E-state index is 0.165. The Morgan fingerprint density at radius 2 is 1.89 bits per heavy atom. The first-order valence-electron chi connectivity index (χ1n) is 7.07. The van der Waals surface area contributed by atoms with Gasteiger partial charge in [0.25, 0.3) is 0 Å². The molecule has 0 radical (unpaired) electrons. The fourth-order valence-electron chi connectivity index (χ4n) is 2.01. The lowest BCUT2D eigenvalue weighted by Gasteiger charge is -2.29. The number of nitrogens with one attached hydrogen (secondary N) is 1.